The third-order valence-corrected chi connectivity index (χ3v) is 4.23. The van der Waals surface area contributed by atoms with Crippen LogP contribution < -0.4 is 16.0 Å². The van der Waals surface area contributed by atoms with Gasteiger partial charge in [-0.25, -0.2) is 4.79 Å². The van der Waals surface area contributed by atoms with Crippen LogP contribution in [0.25, 0.3) is 0 Å². The van der Waals surface area contributed by atoms with E-state index in [1.165, 1.54) is 0 Å². The molecule has 0 radical (unpaired) electrons. The molecule has 0 aliphatic rings. The summed E-state index contributed by atoms with van der Waals surface area (Å²) in [5, 5.41) is 7.27. The Morgan fingerprint density at radius 3 is 2.24 bits per heavy atom. The van der Waals surface area contributed by atoms with Crippen molar-refractivity contribution < 1.29 is 23.9 Å². The van der Waals surface area contributed by atoms with Crippen molar-refractivity contribution in [3.8, 4) is 0 Å². The van der Waals surface area contributed by atoms with Gasteiger partial charge >= 0.3 is 12.0 Å². The lowest BCUT2D eigenvalue weighted by atomic mass is 9.87. The van der Waals surface area contributed by atoms with Gasteiger partial charge in [-0.15, -0.1) is 0 Å². The molecule has 8 heteroatoms. The van der Waals surface area contributed by atoms with Crippen molar-refractivity contribution >= 4 is 23.8 Å². The quantitative estimate of drug-likeness (QED) is 0.574. The van der Waals surface area contributed by atoms with E-state index in [9.17, 15) is 19.2 Å². The molecule has 1 rings (SSSR count). The Hall–Kier alpha value is -2.90. The van der Waals surface area contributed by atoms with E-state index in [1.807, 2.05) is 19.1 Å². The van der Waals surface area contributed by atoms with Crippen molar-refractivity contribution in [2.75, 3.05) is 13.2 Å². The number of rotatable bonds is 8. The normalized spacial score (nSPS) is 11.9. The van der Waals surface area contributed by atoms with E-state index in [4.69, 9.17) is 4.74 Å². The molecule has 0 spiro atoms. The van der Waals surface area contributed by atoms with Gasteiger partial charge < -0.3 is 15.4 Å². The Morgan fingerprint density at radius 1 is 1.07 bits per heavy atom. The Morgan fingerprint density at radius 2 is 1.69 bits per heavy atom. The molecule has 160 valence electrons. The van der Waals surface area contributed by atoms with E-state index in [0.717, 1.165) is 12.0 Å². The van der Waals surface area contributed by atoms with Crippen molar-refractivity contribution in [2.24, 2.45) is 0 Å². The number of nitrogens with one attached hydrogen (secondary N) is 3. The molecular formula is C21H31N3O5. The van der Waals surface area contributed by atoms with Crippen LogP contribution in [0.2, 0.25) is 0 Å². The van der Waals surface area contributed by atoms with E-state index in [1.54, 1.807) is 19.1 Å². The maximum atomic E-state index is 12.1. The Labute approximate surface area is 171 Å². The topological polar surface area (TPSA) is 114 Å². The van der Waals surface area contributed by atoms with E-state index < -0.39 is 24.5 Å². The molecule has 0 heterocycles. The molecule has 3 N–H and O–H groups in total. The van der Waals surface area contributed by atoms with Crippen molar-refractivity contribution in [3.05, 3.63) is 35.4 Å². The number of ether oxygens (including phenoxy) is 1. The van der Waals surface area contributed by atoms with Gasteiger partial charge in [0.2, 0.25) is 0 Å². The maximum Gasteiger partial charge on any atom is 0.321 e. The average Bonchev–Trinajstić information content (AvgIpc) is 2.65. The van der Waals surface area contributed by atoms with Crippen LogP contribution >= 0.6 is 0 Å². The second-order valence-electron chi connectivity index (χ2n) is 7.82. The zero-order chi connectivity index (χ0) is 22.0. The Balaban J connectivity index is 2.30. The fourth-order valence-electron chi connectivity index (χ4n) is 2.24. The van der Waals surface area contributed by atoms with Crippen LogP contribution in [0.3, 0.4) is 0 Å². The lowest BCUT2D eigenvalue weighted by Crippen LogP contribution is -2.44. The highest BCUT2D eigenvalue weighted by molar-refractivity contribution is 5.96. The summed E-state index contributed by atoms with van der Waals surface area (Å²) in [5.41, 5.74) is 1.62. The number of esters is 1. The predicted octanol–water partition coefficient (Wildman–Crippen LogP) is 2.27. The van der Waals surface area contributed by atoms with Crippen LogP contribution in [0.5, 0.6) is 0 Å². The highest BCUT2D eigenvalue weighted by atomic mass is 16.5. The monoisotopic (exact) mass is 405 g/mol. The molecule has 1 atom stereocenters. The van der Waals surface area contributed by atoms with Gasteiger partial charge in [0.1, 0.15) is 0 Å². The SMILES string of the molecule is CC[C@@H](C)NC(=O)NC(=O)COC(=O)CCNC(=O)c1ccc(C(C)(C)C)cc1. The lowest BCUT2D eigenvalue weighted by Gasteiger charge is -2.19. The molecule has 0 bridgehead atoms. The van der Waals surface area contributed by atoms with E-state index in [-0.39, 0.29) is 30.3 Å². The molecule has 0 aromatic heterocycles. The molecule has 0 saturated heterocycles. The van der Waals surface area contributed by atoms with E-state index in [0.29, 0.717) is 5.56 Å². The number of carbonyl (C=O) groups excluding carboxylic acids is 4. The van der Waals surface area contributed by atoms with E-state index in [2.05, 4.69) is 36.7 Å². The summed E-state index contributed by atoms with van der Waals surface area (Å²) in [7, 11) is 0. The van der Waals surface area contributed by atoms with Gasteiger partial charge in [0.15, 0.2) is 6.61 Å². The van der Waals surface area contributed by atoms with Gasteiger partial charge in [0.25, 0.3) is 11.8 Å². The molecule has 0 saturated carbocycles. The maximum absolute atomic E-state index is 12.1. The van der Waals surface area contributed by atoms with Crippen molar-refractivity contribution in [3.63, 3.8) is 0 Å². The fourth-order valence-corrected chi connectivity index (χ4v) is 2.24. The summed E-state index contributed by atoms with van der Waals surface area (Å²) in [6, 6.07) is 6.58. The van der Waals surface area contributed by atoms with Crippen molar-refractivity contribution in [1.29, 1.82) is 0 Å². The number of benzene rings is 1. The molecule has 0 aliphatic heterocycles. The van der Waals surface area contributed by atoms with Gasteiger partial charge in [-0.2, -0.15) is 0 Å². The summed E-state index contributed by atoms with van der Waals surface area (Å²) in [6.07, 6.45) is 0.640. The highest BCUT2D eigenvalue weighted by Crippen LogP contribution is 2.22. The zero-order valence-electron chi connectivity index (χ0n) is 17.8. The first-order chi connectivity index (χ1) is 13.5. The first-order valence-electron chi connectivity index (χ1n) is 9.67. The molecule has 8 nitrogen and oxygen atoms in total. The smallest absolute Gasteiger partial charge is 0.321 e. The summed E-state index contributed by atoms with van der Waals surface area (Å²) in [5.74, 6) is -1.66. The van der Waals surface area contributed by atoms with Crippen molar-refractivity contribution in [1.82, 2.24) is 16.0 Å². The second-order valence-corrected chi connectivity index (χ2v) is 7.82. The first-order valence-corrected chi connectivity index (χ1v) is 9.67. The number of amides is 4. The molecule has 1 aromatic rings. The molecule has 0 fully saturated rings. The largest absolute Gasteiger partial charge is 0.456 e. The summed E-state index contributed by atoms with van der Waals surface area (Å²) in [4.78, 5) is 46.9. The molecule has 1 aromatic carbocycles. The van der Waals surface area contributed by atoms with Crippen LogP contribution in [-0.4, -0.2) is 43.0 Å². The third kappa shape index (κ3) is 9.23. The summed E-state index contributed by atoms with van der Waals surface area (Å²) >= 11 is 0. The number of hydrogen-bond donors (Lipinski definition) is 3. The van der Waals surface area contributed by atoms with Gasteiger partial charge in [-0.05, 0) is 36.5 Å². The van der Waals surface area contributed by atoms with Crippen LogP contribution in [-0.2, 0) is 19.7 Å². The Bertz CT molecular complexity index is 723. The van der Waals surface area contributed by atoms with Crippen LogP contribution in [0.1, 0.15) is 63.4 Å². The minimum atomic E-state index is -0.720. The molecule has 4 amide bonds. The lowest BCUT2D eigenvalue weighted by molar-refractivity contribution is -0.148. The number of carbonyl (C=O) groups is 4. The number of hydrogen-bond acceptors (Lipinski definition) is 5. The predicted molar refractivity (Wildman–Crippen MR) is 109 cm³/mol. The zero-order valence-corrected chi connectivity index (χ0v) is 17.8. The Kier molecular flexibility index (Phi) is 9.31. The standard InChI is InChI=1S/C21H31N3O5/c1-6-14(2)23-20(28)24-17(25)13-29-18(26)11-12-22-19(27)15-7-9-16(10-8-15)21(3,4)5/h7-10,14H,6,11-13H2,1-5H3,(H,22,27)(H2,23,24,25,28)/t14-/m1/s1. The summed E-state index contributed by atoms with van der Waals surface area (Å²) < 4.78 is 4.79. The fraction of sp³-hybridized carbons (Fsp3) is 0.524. The third-order valence-electron chi connectivity index (χ3n) is 4.23. The van der Waals surface area contributed by atoms with Gasteiger partial charge in [-0.3, -0.25) is 19.7 Å². The molecule has 0 unspecified atom stereocenters. The minimum Gasteiger partial charge on any atom is -0.456 e. The minimum absolute atomic E-state index is 0.0000201. The average molecular weight is 405 g/mol. The van der Waals surface area contributed by atoms with Gasteiger partial charge in [0.05, 0.1) is 6.42 Å². The van der Waals surface area contributed by atoms with Crippen molar-refractivity contribution in [2.45, 2.75) is 58.9 Å². The van der Waals surface area contributed by atoms with Gasteiger partial charge in [-0.1, -0.05) is 39.8 Å². The molecule has 29 heavy (non-hydrogen) atoms. The molecular weight excluding hydrogens is 374 g/mol. The van der Waals surface area contributed by atoms with Crippen LogP contribution in [0.4, 0.5) is 4.79 Å². The summed E-state index contributed by atoms with van der Waals surface area (Å²) in [6.45, 7) is 9.49. The molecule has 0 aliphatic carbocycles. The number of imide groups is 1. The van der Waals surface area contributed by atoms with Crippen LogP contribution in [0.15, 0.2) is 24.3 Å². The van der Waals surface area contributed by atoms with Crippen LogP contribution in [0, 0.1) is 0 Å². The highest BCUT2D eigenvalue weighted by Gasteiger charge is 2.15. The number of urea groups is 1. The van der Waals surface area contributed by atoms with Gasteiger partial charge in [0, 0.05) is 18.2 Å². The second kappa shape index (κ2) is 11.2. The van der Waals surface area contributed by atoms with E-state index >= 15 is 0 Å². The first kappa shape index (κ1) is 24.1.